The molecule has 0 aliphatic rings. The molecule has 0 bridgehead atoms. The van der Waals surface area contributed by atoms with Gasteiger partial charge >= 0.3 is 0 Å². The van der Waals surface area contributed by atoms with E-state index in [4.69, 9.17) is 0 Å². The summed E-state index contributed by atoms with van der Waals surface area (Å²) in [5, 5.41) is 2.67. The molecular formula is C11H13FINO. The predicted molar refractivity (Wildman–Crippen MR) is 66.5 cm³/mol. The van der Waals surface area contributed by atoms with Crippen LogP contribution in [0.2, 0.25) is 0 Å². The minimum atomic E-state index is -0.385. The van der Waals surface area contributed by atoms with E-state index in [-0.39, 0.29) is 12.6 Å². The van der Waals surface area contributed by atoms with E-state index in [1.54, 1.807) is 0 Å². The van der Waals surface area contributed by atoms with Crippen molar-refractivity contribution >= 4 is 28.5 Å². The van der Waals surface area contributed by atoms with Crippen LogP contribution >= 0.6 is 22.6 Å². The van der Waals surface area contributed by atoms with Gasteiger partial charge in [0.1, 0.15) is 0 Å². The number of carbonyl (C=O) groups excluding carboxylic acids is 1. The molecule has 0 saturated carbocycles. The van der Waals surface area contributed by atoms with Crippen molar-refractivity contribution in [3.63, 3.8) is 0 Å². The molecule has 0 aromatic heterocycles. The summed E-state index contributed by atoms with van der Waals surface area (Å²) in [5.74, 6) is -0.0512. The van der Waals surface area contributed by atoms with Crippen LogP contribution in [0.4, 0.5) is 4.39 Å². The van der Waals surface area contributed by atoms with Gasteiger partial charge in [0.25, 0.3) is 0 Å². The van der Waals surface area contributed by atoms with Crippen LogP contribution in [-0.2, 0) is 11.2 Å². The highest BCUT2D eigenvalue weighted by Gasteiger charge is 2.01. The first-order valence-electron chi connectivity index (χ1n) is 4.79. The van der Waals surface area contributed by atoms with Crippen LogP contribution in [0.1, 0.15) is 12.0 Å². The summed E-state index contributed by atoms with van der Waals surface area (Å²) in [6.45, 7) is 0.0313. The zero-order valence-corrected chi connectivity index (χ0v) is 10.5. The molecule has 4 heteroatoms. The second-order valence-electron chi connectivity index (χ2n) is 3.20. The van der Waals surface area contributed by atoms with Gasteiger partial charge in [-0.3, -0.25) is 9.18 Å². The van der Waals surface area contributed by atoms with Gasteiger partial charge in [0.05, 0.1) is 13.1 Å². The minimum Gasteiger partial charge on any atom is -0.356 e. The van der Waals surface area contributed by atoms with Gasteiger partial charge in [-0.1, -0.05) is 12.1 Å². The maximum atomic E-state index is 11.8. The molecule has 0 aliphatic carbocycles. The third-order valence-electron chi connectivity index (χ3n) is 1.91. The number of amides is 1. The largest absolute Gasteiger partial charge is 0.356 e. The zero-order valence-electron chi connectivity index (χ0n) is 8.30. The Bertz CT molecular complexity index is 313. The monoisotopic (exact) mass is 321 g/mol. The Hall–Kier alpha value is -0.650. The van der Waals surface area contributed by atoms with Crippen molar-refractivity contribution in [1.29, 1.82) is 0 Å². The molecule has 1 rings (SSSR count). The summed E-state index contributed by atoms with van der Waals surface area (Å²) >= 11 is 2.22. The standard InChI is InChI=1S/C11H13FINO/c12-6-1-7-14-11(15)8-9-2-4-10(13)5-3-9/h2-5H,1,6-8H2,(H,14,15). The molecule has 1 N–H and O–H groups in total. The van der Waals surface area contributed by atoms with E-state index < -0.39 is 0 Å². The lowest BCUT2D eigenvalue weighted by Crippen LogP contribution is -2.26. The van der Waals surface area contributed by atoms with Crippen molar-refractivity contribution < 1.29 is 9.18 Å². The van der Waals surface area contributed by atoms with Crippen LogP contribution in [0, 0.1) is 3.57 Å². The lowest BCUT2D eigenvalue weighted by molar-refractivity contribution is -0.120. The van der Waals surface area contributed by atoms with Gasteiger partial charge in [0.15, 0.2) is 0 Å². The predicted octanol–water partition coefficient (Wildman–Crippen LogP) is 2.31. The van der Waals surface area contributed by atoms with Crippen molar-refractivity contribution in [2.45, 2.75) is 12.8 Å². The lowest BCUT2D eigenvalue weighted by atomic mass is 10.1. The Kier molecular flexibility index (Phi) is 5.60. The molecule has 1 aromatic rings. The average Bonchev–Trinajstić information content (AvgIpc) is 2.22. The van der Waals surface area contributed by atoms with Crippen LogP contribution in [0.15, 0.2) is 24.3 Å². The minimum absolute atomic E-state index is 0.0512. The molecule has 82 valence electrons. The Morgan fingerprint density at radius 1 is 1.33 bits per heavy atom. The number of halogens is 2. The molecule has 0 radical (unpaired) electrons. The molecule has 0 atom stereocenters. The molecule has 0 aliphatic heterocycles. The number of benzene rings is 1. The van der Waals surface area contributed by atoms with Gasteiger partial charge in [0, 0.05) is 10.1 Å². The summed E-state index contributed by atoms with van der Waals surface area (Å²) in [6, 6.07) is 7.78. The van der Waals surface area contributed by atoms with Gasteiger partial charge < -0.3 is 5.32 Å². The van der Waals surface area contributed by atoms with Gasteiger partial charge in [-0.15, -0.1) is 0 Å². The average molecular weight is 321 g/mol. The van der Waals surface area contributed by atoms with Gasteiger partial charge in [-0.2, -0.15) is 0 Å². The van der Waals surface area contributed by atoms with Crippen LogP contribution in [0.5, 0.6) is 0 Å². The maximum absolute atomic E-state index is 11.8. The lowest BCUT2D eigenvalue weighted by Gasteiger charge is -2.03. The molecule has 2 nitrogen and oxygen atoms in total. The smallest absolute Gasteiger partial charge is 0.224 e. The van der Waals surface area contributed by atoms with Crippen LogP contribution in [0.25, 0.3) is 0 Å². The normalized spacial score (nSPS) is 10.0. The molecule has 0 heterocycles. The SMILES string of the molecule is O=C(Cc1ccc(I)cc1)NCCCF. The molecule has 0 saturated heterocycles. The molecule has 15 heavy (non-hydrogen) atoms. The first kappa shape index (κ1) is 12.4. The van der Waals surface area contributed by atoms with E-state index >= 15 is 0 Å². The van der Waals surface area contributed by atoms with Crippen molar-refractivity contribution in [2.75, 3.05) is 13.2 Å². The van der Waals surface area contributed by atoms with Crippen molar-refractivity contribution in [3.05, 3.63) is 33.4 Å². The van der Waals surface area contributed by atoms with Crippen LogP contribution in [0.3, 0.4) is 0 Å². The van der Waals surface area contributed by atoms with Crippen molar-refractivity contribution in [3.8, 4) is 0 Å². The molecule has 0 spiro atoms. The zero-order chi connectivity index (χ0) is 11.1. The third kappa shape index (κ3) is 5.11. The number of nitrogens with one attached hydrogen (secondary N) is 1. The molecule has 1 aromatic carbocycles. The Balaban J connectivity index is 2.34. The molecule has 0 unspecified atom stereocenters. The fraction of sp³-hybridized carbons (Fsp3) is 0.364. The van der Waals surface area contributed by atoms with E-state index in [9.17, 15) is 9.18 Å². The summed E-state index contributed by atoms with van der Waals surface area (Å²) in [6.07, 6.45) is 0.752. The second kappa shape index (κ2) is 6.76. The third-order valence-corrected chi connectivity index (χ3v) is 2.63. The number of hydrogen-bond acceptors (Lipinski definition) is 1. The second-order valence-corrected chi connectivity index (χ2v) is 4.44. The highest BCUT2D eigenvalue weighted by molar-refractivity contribution is 14.1. The van der Waals surface area contributed by atoms with E-state index in [2.05, 4.69) is 27.9 Å². The Morgan fingerprint density at radius 2 is 2.00 bits per heavy atom. The highest BCUT2D eigenvalue weighted by atomic mass is 127. The number of carbonyl (C=O) groups is 1. The highest BCUT2D eigenvalue weighted by Crippen LogP contribution is 2.07. The number of alkyl halides is 1. The first-order chi connectivity index (χ1) is 7.22. The summed E-state index contributed by atoms with van der Waals surface area (Å²) < 4.78 is 12.9. The summed E-state index contributed by atoms with van der Waals surface area (Å²) in [5.41, 5.74) is 0.980. The fourth-order valence-corrected chi connectivity index (χ4v) is 1.50. The Labute approximate surface area is 102 Å². The quantitative estimate of drug-likeness (QED) is 0.654. The number of hydrogen-bond donors (Lipinski definition) is 1. The fourth-order valence-electron chi connectivity index (χ4n) is 1.14. The van der Waals surface area contributed by atoms with Gasteiger partial charge in [-0.05, 0) is 46.7 Å². The molecule has 1 amide bonds. The van der Waals surface area contributed by atoms with Crippen molar-refractivity contribution in [1.82, 2.24) is 5.32 Å². The Morgan fingerprint density at radius 3 is 2.60 bits per heavy atom. The molecular weight excluding hydrogens is 308 g/mol. The summed E-state index contributed by atoms with van der Waals surface area (Å²) in [7, 11) is 0. The van der Waals surface area contributed by atoms with Crippen LogP contribution in [-0.4, -0.2) is 19.1 Å². The van der Waals surface area contributed by atoms with Crippen molar-refractivity contribution in [2.24, 2.45) is 0 Å². The summed E-state index contributed by atoms with van der Waals surface area (Å²) in [4.78, 5) is 11.3. The maximum Gasteiger partial charge on any atom is 0.224 e. The first-order valence-corrected chi connectivity index (χ1v) is 5.87. The number of rotatable bonds is 5. The topological polar surface area (TPSA) is 29.1 Å². The molecule has 0 fully saturated rings. The van der Waals surface area contributed by atoms with Gasteiger partial charge in [0.2, 0.25) is 5.91 Å². The van der Waals surface area contributed by atoms with E-state index in [0.717, 1.165) is 9.13 Å². The van der Waals surface area contributed by atoms with E-state index in [1.165, 1.54) is 0 Å². The van der Waals surface area contributed by atoms with Crippen LogP contribution < -0.4 is 5.32 Å². The van der Waals surface area contributed by atoms with Gasteiger partial charge in [-0.25, -0.2) is 0 Å². The van der Waals surface area contributed by atoms with E-state index in [0.29, 0.717) is 19.4 Å². The van der Waals surface area contributed by atoms with E-state index in [1.807, 2.05) is 24.3 Å².